The van der Waals surface area contributed by atoms with E-state index >= 15 is 0 Å². The first-order valence-electron chi connectivity index (χ1n) is 9.16. The highest BCUT2D eigenvalue weighted by Crippen LogP contribution is 2.34. The number of aliphatic hydroxyl groups is 1. The number of aliphatic hydroxyl groups excluding tert-OH is 1. The molecule has 28 heavy (non-hydrogen) atoms. The van der Waals surface area contributed by atoms with Gasteiger partial charge < -0.3 is 20.5 Å². The third-order valence-electron chi connectivity index (χ3n) is 4.47. The molecule has 1 heterocycles. The van der Waals surface area contributed by atoms with E-state index in [0.717, 1.165) is 24.2 Å². The normalized spacial score (nSPS) is 19.5. The zero-order valence-electron chi connectivity index (χ0n) is 16.4. The number of aliphatic imine (C=N–C) groups is 1. The minimum atomic E-state index is 0.204. The van der Waals surface area contributed by atoms with Crippen LogP contribution in [-0.2, 0) is 4.74 Å². The van der Waals surface area contributed by atoms with E-state index < -0.39 is 0 Å². The molecule has 2 atom stereocenters. The topological polar surface area (TPSA) is 91.7 Å². The summed E-state index contributed by atoms with van der Waals surface area (Å²) in [6.45, 7) is 8.99. The summed E-state index contributed by atoms with van der Waals surface area (Å²) in [6.07, 6.45) is 4.50. The summed E-state index contributed by atoms with van der Waals surface area (Å²) in [5, 5.41) is 17.0. The van der Waals surface area contributed by atoms with Crippen molar-refractivity contribution in [2.75, 3.05) is 44.5 Å². The van der Waals surface area contributed by atoms with Crippen LogP contribution in [-0.4, -0.2) is 60.1 Å². The number of nitrogens with zero attached hydrogens (tertiary/aromatic N) is 3. The van der Waals surface area contributed by atoms with E-state index in [4.69, 9.17) is 16.3 Å². The molecule has 0 aliphatic heterocycles. The Bertz CT molecular complexity index is 729. The van der Waals surface area contributed by atoms with Crippen LogP contribution >= 0.6 is 23.4 Å². The average molecular weight is 426 g/mol. The van der Waals surface area contributed by atoms with E-state index in [9.17, 15) is 5.11 Å². The van der Waals surface area contributed by atoms with Crippen molar-refractivity contribution in [1.29, 1.82) is 0 Å². The van der Waals surface area contributed by atoms with Crippen LogP contribution < -0.4 is 10.6 Å². The second kappa shape index (κ2) is 11.4. The monoisotopic (exact) mass is 425 g/mol. The maximum absolute atomic E-state index is 9.43. The van der Waals surface area contributed by atoms with Gasteiger partial charge in [-0.2, -0.15) is 4.98 Å². The number of rotatable bonds is 10. The zero-order chi connectivity index (χ0) is 20.5. The Morgan fingerprint density at radius 1 is 1.46 bits per heavy atom. The summed E-state index contributed by atoms with van der Waals surface area (Å²) < 4.78 is 5.06. The molecule has 0 aromatic carbocycles. The van der Waals surface area contributed by atoms with Crippen LogP contribution in [0.25, 0.3) is 0 Å². The largest absolute Gasteiger partial charge is 0.396 e. The lowest BCUT2D eigenvalue weighted by atomic mass is 10.1. The van der Waals surface area contributed by atoms with Crippen molar-refractivity contribution in [1.82, 2.24) is 9.97 Å². The molecule has 1 aromatic heterocycles. The van der Waals surface area contributed by atoms with E-state index in [1.54, 1.807) is 20.2 Å². The van der Waals surface area contributed by atoms with E-state index in [1.807, 2.05) is 0 Å². The fraction of sp³-hybridized carbons (Fsp3) is 0.526. The molecule has 154 valence electrons. The molecule has 1 aromatic rings. The predicted molar refractivity (Wildman–Crippen MR) is 119 cm³/mol. The summed E-state index contributed by atoms with van der Waals surface area (Å²) in [5.74, 6) is 1.35. The van der Waals surface area contributed by atoms with Crippen LogP contribution in [0.5, 0.6) is 0 Å². The van der Waals surface area contributed by atoms with Crippen molar-refractivity contribution < 1.29 is 9.84 Å². The molecule has 3 N–H and O–H groups in total. The summed E-state index contributed by atoms with van der Waals surface area (Å²) in [7, 11) is 3.33. The van der Waals surface area contributed by atoms with E-state index in [1.165, 1.54) is 11.8 Å². The summed E-state index contributed by atoms with van der Waals surface area (Å²) in [6, 6.07) is 0.208. The fourth-order valence-corrected chi connectivity index (χ4v) is 4.04. The number of hydrogen-bond donors (Lipinski definition) is 3. The Labute approximate surface area is 175 Å². The van der Waals surface area contributed by atoms with Crippen molar-refractivity contribution >= 4 is 40.2 Å². The van der Waals surface area contributed by atoms with Gasteiger partial charge in [-0.05, 0) is 25.2 Å². The highest BCUT2D eigenvalue weighted by Gasteiger charge is 2.27. The quantitative estimate of drug-likeness (QED) is 0.173. The Morgan fingerprint density at radius 2 is 2.25 bits per heavy atom. The molecule has 2 rings (SSSR count). The Hall–Kier alpha value is -1.61. The number of nitrogens with one attached hydrogen (secondary N) is 2. The lowest BCUT2D eigenvalue weighted by molar-refractivity contribution is 0.210. The standard InChI is InChI=1S/C19H28ClN5O2S/c1-5-12(2)28-18(21-3)15-16(20)24-19(22-8-9-27-4)25-17(15)23-14-7-6-13(10-14)11-26/h5,13-14,26H,1-2,6-11H2,3-4H3,(H2,22,23,24,25). The average Bonchev–Trinajstić information content (AvgIpc) is 3.14. The molecule has 0 bridgehead atoms. The molecule has 1 saturated carbocycles. The van der Waals surface area contributed by atoms with Gasteiger partial charge >= 0.3 is 0 Å². The Kier molecular flexibility index (Phi) is 9.24. The van der Waals surface area contributed by atoms with Crippen molar-refractivity contribution in [3.05, 3.63) is 34.9 Å². The highest BCUT2D eigenvalue weighted by molar-refractivity contribution is 8.17. The van der Waals surface area contributed by atoms with E-state index in [0.29, 0.717) is 46.6 Å². The summed E-state index contributed by atoms with van der Waals surface area (Å²) in [4.78, 5) is 14.1. The number of allylic oxidation sites excluding steroid dienone is 1. The van der Waals surface area contributed by atoms with Crippen LogP contribution in [0.1, 0.15) is 24.8 Å². The molecule has 1 aliphatic rings. The number of halogens is 1. The Balaban J connectivity index is 2.34. The number of methoxy groups -OCH3 is 1. The number of anilines is 2. The molecule has 9 heteroatoms. The van der Waals surface area contributed by atoms with Gasteiger partial charge in [-0.1, -0.05) is 42.6 Å². The maximum Gasteiger partial charge on any atom is 0.226 e. The van der Waals surface area contributed by atoms with Crippen LogP contribution in [0.15, 0.2) is 29.1 Å². The van der Waals surface area contributed by atoms with Gasteiger partial charge in [0.05, 0.1) is 12.2 Å². The first-order chi connectivity index (χ1) is 13.5. The minimum Gasteiger partial charge on any atom is -0.396 e. The van der Waals surface area contributed by atoms with Gasteiger partial charge in [0.2, 0.25) is 5.95 Å². The van der Waals surface area contributed by atoms with Gasteiger partial charge in [-0.25, -0.2) is 4.98 Å². The first-order valence-corrected chi connectivity index (χ1v) is 10.4. The van der Waals surface area contributed by atoms with Crippen molar-refractivity contribution in [3.63, 3.8) is 0 Å². The van der Waals surface area contributed by atoms with Gasteiger partial charge in [0.1, 0.15) is 16.0 Å². The third kappa shape index (κ3) is 6.20. The van der Waals surface area contributed by atoms with Crippen molar-refractivity contribution in [2.45, 2.75) is 25.3 Å². The molecule has 0 amide bonds. The van der Waals surface area contributed by atoms with Crippen molar-refractivity contribution in [2.24, 2.45) is 10.9 Å². The maximum atomic E-state index is 9.43. The van der Waals surface area contributed by atoms with Gasteiger partial charge in [0.25, 0.3) is 0 Å². The Morgan fingerprint density at radius 3 is 2.86 bits per heavy atom. The lowest BCUT2D eigenvalue weighted by Gasteiger charge is -2.19. The highest BCUT2D eigenvalue weighted by atomic mass is 35.5. The van der Waals surface area contributed by atoms with Gasteiger partial charge in [-0.3, -0.25) is 4.99 Å². The third-order valence-corrected chi connectivity index (χ3v) is 5.75. The van der Waals surface area contributed by atoms with Crippen LogP contribution in [0.3, 0.4) is 0 Å². The zero-order valence-corrected chi connectivity index (χ0v) is 17.9. The number of thioether (sulfide) groups is 1. The van der Waals surface area contributed by atoms with Crippen LogP contribution in [0, 0.1) is 5.92 Å². The molecule has 0 radical (unpaired) electrons. The fourth-order valence-electron chi connectivity index (χ4n) is 3.01. The first kappa shape index (κ1) is 22.7. The smallest absolute Gasteiger partial charge is 0.226 e. The molecular formula is C19H28ClN5O2S. The second-order valence-corrected chi connectivity index (χ2v) is 7.96. The number of ether oxygens (including phenoxy) is 1. The van der Waals surface area contributed by atoms with Crippen LogP contribution in [0.4, 0.5) is 11.8 Å². The van der Waals surface area contributed by atoms with Crippen molar-refractivity contribution in [3.8, 4) is 0 Å². The van der Waals surface area contributed by atoms with E-state index in [2.05, 4.69) is 38.8 Å². The second-order valence-electron chi connectivity index (χ2n) is 6.49. The molecular weight excluding hydrogens is 398 g/mol. The van der Waals surface area contributed by atoms with Gasteiger partial charge in [0, 0.05) is 38.3 Å². The predicted octanol–water partition coefficient (Wildman–Crippen LogP) is 3.57. The van der Waals surface area contributed by atoms with Gasteiger partial charge in [-0.15, -0.1) is 0 Å². The molecule has 0 saturated heterocycles. The SMILES string of the molecule is C=CC(=C)SC(=NC)c1c(Cl)nc(NCCOC)nc1NC1CCC(CO)C1. The lowest BCUT2D eigenvalue weighted by Crippen LogP contribution is -2.21. The summed E-state index contributed by atoms with van der Waals surface area (Å²) in [5.41, 5.74) is 0.641. The molecule has 7 nitrogen and oxygen atoms in total. The molecule has 2 unspecified atom stereocenters. The summed E-state index contributed by atoms with van der Waals surface area (Å²) >= 11 is 7.91. The molecule has 1 aliphatic carbocycles. The number of aromatic nitrogens is 2. The van der Waals surface area contributed by atoms with E-state index in [-0.39, 0.29) is 12.6 Å². The van der Waals surface area contributed by atoms with Gasteiger partial charge in [0.15, 0.2) is 0 Å². The van der Waals surface area contributed by atoms with Crippen LogP contribution in [0.2, 0.25) is 5.15 Å². The molecule has 0 spiro atoms. The molecule has 1 fully saturated rings. The number of hydrogen-bond acceptors (Lipinski definition) is 8. The minimum absolute atomic E-state index is 0.204.